The van der Waals surface area contributed by atoms with Gasteiger partial charge in [-0.2, -0.15) is 4.72 Å². The Hall–Kier alpha value is -1.64. The normalized spacial score (nSPS) is 19.7. The van der Waals surface area contributed by atoms with Gasteiger partial charge in [0.2, 0.25) is 21.8 Å². The van der Waals surface area contributed by atoms with E-state index in [-0.39, 0.29) is 17.0 Å². The van der Waals surface area contributed by atoms with Crippen molar-refractivity contribution in [3.8, 4) is 0 Å². The molecule has 1 aliphatic heterocycles. The molecule has 20 heavy (non-hydrogen) atoms. The molecule has 0 saturated carbocycles. The van der Waals surface area contributed by atoms with Gasteiger partial charge in [0, 0.05) is 12.1 Å². The molecule has 3 N–H and O–H groups in total. The molecule has 2 amide bonds. The van der Waals surface area contributed by atoms with E-state index in [1.54, 1.807) is 0 Å². The molecule has 0 bridgehead atoms. The van der Waals surface area contributed by atoms with Gasteiger partial charge in [0.15, 0.2) is 0 Å². The number of halogens is 1. The molecule has 0 radical (unpaired) electrons. The lowest BCUT2D eigenvalue weighted by Crippen LogP contribution is -2.40. The van der Waals surface area contributed by atoms with Gasteiger partial charge in [-0.1, -0.05) is 11.6 Å². The first-order valence-corrected chi connectivity index (χ1v) is 7.46. The smallest absolute Gasteiger partial charge is 0.247 e. The van der Waals surface area contributed by atoms with Crippen LogP contribution in [0.2, 0.25) is 5.02 Å². The fourth-order valence-corrected chi connectivity index (χ4v) is 3.35. The summed E-state index contributed by atoms with van der Waals surface area (Å²) in [5, 5.41) is 0.299. The van der Waals surface area contributed by atoms with E-state index in [0.29, 0.717) is 5.02 Å². The standard InChI is InChI=1S/C11H12ClN3O4S/c1-15-10(16)5-8(11(15)17)14-20(18,19)9-3-2-6(12)4-7(9)13/h2-4,8,14H,5,13H2,1H3. The van der Waals surface area contributed by atoms with Crippen molar-refractivity contribution in [2.24, 2.45) is 0 Å². The predicted molar refractivity (Wildman–Crippen MR) is 72.4 cm³/mol. The molecular weight excluding hydrogens is 306 g/mol. The van der Waals surface area contributed by atoms with Crippen LogP contribution in [0.15, 0.2) is 23.1 Å². The summed E-state index contributed by atoms with van der Waals surface area (Å²) < 4.78 is 26.5. The quantitative estimate of drug-likeness (QED) is 0.600. The Bertz CT molecular complexity index is 689. The Morgan fingerprint density at radius 3 is 2.55 bits per heavy atom. The molecule has 0 aromatic heterocycles. The van der Waals surface area contributed by atoms with Crippen molar-refractivity contribution in [2.45, 2.75) is 17.4 Å². The minimum absolute atomic E-state index is 0.0323. The number of sulfonamides is 1. The van der Waals surface area contributed by atoms with Crippen LogP contribution in [0.1, 0.15) is 6.42 Å². The van der Waals surface area contributed by atoms with Crippen LogP contribution in [0.4, 0.5) is 5.69 Å². The fraction of sp³-hybridized carbons (Fsp3) is 0.273. The van der Waals surface area contributed by atoms with Crippen LogP contribution in [0.25, 0.3) is 0 Å². The highest BCUT2D eigenvalue weighted by Gasteiger charge is 2.39. The first kappa shape index (κ1) is 14.8. The third-order valence-electron chi connectivity index (χ3n) is 2.94. The SMILES string of the molecule is CN1C(=O)CC(NS(=O)(=O)c2ccc(Cl)cc2N)C1=O. The first-order valence-electron chi connectivity index (χ1n) is 5.60. The van der Waals surface area contributed by atoms with Crippen molar-refractivity contribution in [1.82, 2.24) is 9.62 Å². The summed E-state index contributed by atoms with van der Waals surface area (Å²) >= 11 is 5.70. The molecule has 2 rings (SSSR count). The van der Waals surface area contributed by atoms with E-state index in [0.717, 1.165) is 4.90 Å². The zero-order valence-corrected chi connectivity index (χ0v) is 12.0. The lowest BCUT2D eigenvalue weighted by molar-refractivity contribution is -0.137. The maximum absolute atomic E-state index is 12.2. The van der Waals surface area contributed by atoms with E-state index in [2.05, 4.69) is 4.72 Å². The van der Waals surface area contributed by atoms with E-state index in [4.69, 9.17) is 17.3 Å². The molecule has 1 unspecified atom stereocenters. The average Bonchev–Trinajstić information content (AvgIpc) is 2.56. The maximum Gasteiger partial charge on any atom is 0.247 e. The Morgan fingerprint density at radius 2 is 2.05 bits per heavy atom. The molecule has 1 atom stereocenters. The zero-order valence-electron chi connectivity index (χ0n) is 10.5. The Morgan fingerprint density at radius 1 is 1.40 bits per heavy atom. The van der Waals surface area contributed by atoms with Crippen LogP contribution in [-0.2, 0) is 19.6 Å². The highest BCUT2D eigenvalue weighted by atomic mass is 35.5. The van der Waals surface area contributed by atoms with Gasteiger partial charge in [0.1, 0.15) is 10.9 Å². The largest absolute Gasteiger partial charge is 0.398 e. The molecule has 1 aromatic carbocycles. The van der Waals surface area contributed by atoms with Gasteiger partial charge < -0.3 is 5.73 Å². The molecule has 108 valence electrons. The molecule has 0 spiro atoms. The summed E-state index contributed by atoms with van der Waals surface area (Å²) in [6, 6.07) is 2.81. The number of nitrogens with two attached hydrogens (primary N) is 1. The van der Waals surface area contributed by atoms with Crippen molar-refractivity contribution in [3.05, 3.63) is 23.2 Å². The van der Waals surface area contributed by atoms with Gasteiger partial charge in [-0.05, 0) is 18.2 Å². The monoisotopic (exact) mass is 317 g/mol. The number of nitrogens with one attached hydrogen (secondary N) is 1. The summed E-state index contributed by atoms with van der Waals surface area (Å²) in [5.41, 5.74) is 5.57. The number of likely N-dealkylation sites (tertiary alicyclic amines) is 1. The average molecular weight is 318 g/mol. The first-order chi connectivity index (χ1) is 9.22. The molecule has 1 saturated heterocycles. The number of rotatable bonds is 3. The topological polar surface area (TPSA) is 110 Å². The number of hydrogen-bond acceptors (Lipinski definition) is 5. The van der Waals surface area contributed by atoms with E-state index in [1.807, 2.05) is 0 Å². The number of nitrogens with zero attached hydrogens (tertiary/aromatic N) is 1. The van der Waals surface area contributed by atoms with E-state index in [9.17, 15) is 18.0 Å². The van der Waals surface area contributed by atoms with E-state index < -0.39 is 27.9 Å². The number of likely N-dealkylation sites (N-methyl/N-ethyl adjacent to an activating group) is 1. The van der Waals surface area contributed by atoms with Gasteiger partial charge in [0.25, 0.3) is 0 Å². The van der Waals surface area contributed by atoms with Crippen LogP contribution in [0.3, 0.4) is 0 Å². The summed E-state index contributed by atoms with van der Waals surface area (Å²) in [5.74, 6) is -1.03. The summed E-state index contributed by atoms with van der Waals surface area (Å²) in [6.45, 7) is 0. The number of hydrogen-bond donors (Lipinski definition) is 2. The van der Waals surface area contributed by atoms with Gasteiger partial charge in [-0.3, -0.25) is 14.5 Å². The summed E-state index contributed by atoms with van der Waals surface area (Å²) in [6.07, 6.45) is -0.206. The Kier molecular flexibility index (Phi) is 3.72. The minimum Gasteiger partial charge on any atom is -0.398 e. The summed E-state index contributed by atoms with van der Waals surface area (Å²) in [4.78, 5) is 23.8. The van der Waals surface area contributed by atoms with Crippen molar-refractivity contribution in [3.63, 3.8) is 0 Å². The molecule has 1 heterocycles. The van der Waals surface area contributed by atoms with Crippen molar-refractivity contribution in [2.75, 3.05) is 12.8 Å². The predicted octanol–water partition coefficient (Wildman–Crippen LogP) is -0.0422. The number of benzene rings is 1. The third-order valence-corrected chi connectivity index (χ3v) is 4.72. The van der Waals surface area contributed by atoms with Crippen LogP contribution >= 0.6 is 11.6 Å². The number of nitrogen functional groups attached to an aromatic ring is 1. The molecular formula is C11H12ClN3O4S. The van der Waals surface area contributed by atoms with Gasteiger partial charge in [-0.15, -0.1) is 0 Å². The van der Waals surface area contributed by atoms with Crippen molar-refractivity contribution < 1.29 is 18.0 Å². The highest BCUT2D eigenvalue weighted by molar-refractivity contribution is 7.89. The Balaban J connectivity index is 2.28. The van der Waals surface area contributed by atoms with Gasteiger partial charge >= 0.3 is 0 Å². The highest BCUT2D eigenvalue weighted by Crippen LogP contribution is 2.23. The number of anilines is 1. The molecule has 7 nitrogen and oxygen atoms in total. The Labute approximate surface area is 120 Å². The lowest BCUT2D eigenvalue weighted by atomic mass is 10.3. The fourth-order valence-electron chi connectivity index (χ4n) is 1.86. The van der Waals surface area contributed by atoms with Gasteiger partial charge in [-0.25, -0.2) is 8.42 Å². The summed E-state index contributed by atoms with van der Waals surface area (Å²) in [7, 11) is -2.70. The van der Waals surface area contributed by atoms with Crippen LogP contribution < -0.4 is 10.5 Å². The third kappa shape index (κ3) is 2.62. The van der Waals surface area contributed by atoms with Crippen LogP contribution in [0, 0.1) is 0 Å². The van der Waals surface area contributed by atoms with Crippen molar-refractivity contribution in [1.29, 1.82) is 0 Å². The molecule has 0 aliphatic carbocycles. The lowest BCUT2D eigenvalue weighted by Gasteiger charge is -2.13. The number of imide groups is 1. The van der Waals surface area contributed by atoms with E-state index >= 15 is 0 Å². The second kappa shape index (κ2) is 5.04. The molecule has 1 aromatic rings. The van der Waals surface area contributed by atoms with E-state index in [1.165, 1.54) is 25.2 Å². The molecule has 1 fully saturated rings. The van der Waals surface area contributed by atoms with Gasteiger partial charge in [0.05, 0.1) is 12.1 Å². The van der Waals surface area contributed by atoms with Crippen molar-refractivity contribution >= 4 is 39.1 Å². The number of amides is 2. The number of carbonyl (C=O) groups excluding carboxylic acids is 2. The maximum atomic E-state index is 12.2. The molecule has 9 heteroatoms. The van der Waals surface area contributed by atoms with Crippen LogP contribution in [0.5, 0.6) is 0 Å². The van der Waals surface area contributed by atoms with Crippen LogP contribution in [-0.4, -0.2) is 38.2 Å². The second-order valence-corrected chi connectivity index (χ2v) is 6.47. The minimum atomic E-state index is -4.00. The zero-order chi connectivity index (χ0) is 15.1. The number of carbonyl (C=O) groups is 2. The molecule has 1 aliphatic rings. The second-order valence-electron chi connectivity index (χ2n) is 4.35.